The maximum Gasteiger partial charge on any atom is 0.324 e. The van der Waals surface area contributed by atoms with Crippen LogP contribution in [0.25, 0.3) is 0 Å². The van der Waals surface area contributed by atoms with Crippen molar-refractivity contribution < 1.29 is 19.2 Å². The van der Waals surface area contributed by atoms with Crippen LogP contribution in [0.3, 0.4) is 0 Å². The number of hydrogen-bond acceptors (Lipinski definition) is 5. The number of urea groups is 1. The Morgan fingerprint density at radius 3 is 2.30 bits per heavy atom. The molecule has 1 aliphatic rings. The Balaban J connectivity index is 1.84. The number of hydrogen-bond donors (Lipinski definition) is 4. The molecule has 1 saturated heterocycles. The topological polar surface area (TPSA) is 134 Å². The van der Waals surface area contributed by atoms with E-state index in [1.165, 1.54) is 0 Å². The molecular formula is C18H25N5O4. The molecule has 1 fully saturated rings. The summed E-state index contributed by atoms with van der Waals surface area (Å²) in [5.41, 5.74) is 6.17. The first-order valence-electron chi connectivity index (χ1n) is 8.81. The first kappa shape index (κ1) is 20.4. The lowest BCUT2D eigenvalue weighted by molar-refractivity contribution is -0.125. The predicted octanol–water partition coefficient (Wildman–Crippen LogP) is 1.02. The van der Waals surface area contributed by atoms with Gasteiger partial charge in [0.1, 0.15) is 0 Å². The van der Waals surface area contributed by atoms with Gasteiger partial charge in [-0.25, -0.2) is 4.79 Å². The third kappa shape index (κ3) is 5.52. The SMILES string of the molecule is CCCC(C)(N)C(=O)Nc1ccc(NC(=O)CCN2C(=O)CNC2=O)cc1. The van der Waals surface area contributed by atoms with Crippen LogP contribution >= 0.6 is 0 Å². The summed E-state index contributed by atoms with van der Waals surface area (Å²) in [6.07, 6.45) is 1.38. The Kier molecular flexibility index (Phi) is 6.51. The van der Waals surface area contributed by atoms with Gasteiger partial charge in [0.25, 0.3) is 0 Å². The monoisotopic (exact) mass is 375 g/mol. The molecule has 1 atom stereocenters. The Labute approximate surface area is 157 Å². The highest BCUT2D eigenvalue weighted by atomic mass is 16.2. The second-order valence-corrected chi connectivity index (χ2v) is 6.70. The van der Waals surface area contributed by atoms with Gasteiger partial charge < -0.3 is 21.7 Å². The van der Waals surface area contributed by atoms with Crippen LogP contribution in [0.2, 0.25) is 0 Å². The fourth-order valence-electron chi connectivity index (χ4n) is 2.66. The maximum absolute atomic E-state index is 12.2. The van der Waals surface area contributed by atoms with E-state index in [0.29, 0.717) is 17.8 Å². The largest absolute Gasteiger partial charge is 0.329 e. The van der Waals surface area contributed by atoms with Crippen LogP contribution in [0.1, 0.15) is 33.1 Å². The van der Waals surface area contributed by atoms with Crippen LogP contribution in [-0.2, 0) is 14.4 Å². The van der Waals surface area contributed by atoms with E-state index in [1.807, 2.05) is 6.92 Å². The molecule has 0 bridgehead atoms. The number of anilines is 2. The van der Waals surface area contributed by atoms with Crippen LogP contribution < -0.4 is 21.7 Å². The van der Waals surface area contributed by atoms with Crippen molar-refractivity contribution in [2.45, 2.75) is 38.6 Å². The van der Waals surface area contributed by atoms with Gasteiger partial charge >= 0.3 is 6.03 Å². The summed E-state index contributed by atoms with van der Waals surface area (Å²) in [6, 6.07) is 6.13. The molecule has 146 valence electrons. The van der Waals surface area contributed by atoms with Gasteiger partial charge in [0, 0.05) is 24.3 Å². The number of imide groups is 1. The maximum atomic E-state index is 12.2. The number of rotatable bonds is 8. The molecule has 1 aromatic carbocycles. The van der Waals surface area contributed by atoms with E-state index in [9.17, 15) is 19.2 Å². The van der Waals surface area contributed by atoms with Crippen molar-refractivity contribution >= 4 is 35.1 Å². The summed E-state index contributed by atoms with van der Waals surface area (Å²) in [7, 11) is 0. The quantitative estimate of drug-likeness (QED) is 0.504. The zero-order valence-electron chi connectivity index (χ0n) is 15.5. The first-order chi connectivity index (χ1) is 12.7. The van der Waals surface area contributed by atoms with Crippen molar-refractivity contribution in [3.8, 4) is 0 Å². The van der Waals surface area contributed by atoms with E-state index in [4.69, 9.17) is 5.73 Å². The molecule has 5 amide bonds. The van der Waals surface area contributed by atoms with Gasteiger partial charge in [-0.1, -0.05) is 13.3 Å². The fraction of sp³-hybridized carbons (Fsp3) is 0.444. The number of benzene rings is 1. The number of carbonyl (C=O) groups excluding carboxylic acids is 4. The summed E-state index contributed by atoms with van der Waals surface area (Å²) in [5.74, 6) is -0.936. The summed E-state index contributed by atoms with van der Waals surface area (Å²) in [6.45, 7) is 3.64. The second-order valence-electron chi connectivity index (χ2n) is 6.70. The van der Waals surface area contributed by atoms with Gasteiger partial charge in [-0.3, -0.25) is 19.3 Å². The minimum Gasteiger partial charge on any atom is -0.329 e. The van der Waals surface area contributed by atoms with Crippen LogP contribution in [0, 0.1) is 0 Å². The van der Waals surface area contributed by atoms with E-state index >= 15 is 0 Å². The number of nitrogens with one attached hydrogen (secondary N) is 3. The van der Waals surface area contributed by atoms with Gasteiger partial charge in [-0.2, -0.15) is 0 Å². The van der Waals surface area contributed by atoms with E-state index in [1.54, 1.807) is 31.2 Å². The molecule has 9 nitrogen and oxygen atoms in total. The van der Waals surface area contributed by atoms with Crippen molar-refractivity contribution in [3.63, 3.8) is 0 Å². The van der Waals surface area contributed by atoms with Gasteiger partial charge in [0.05, 0.1) is 12.1 Å². The average Bonchev–Trinajstić information content (AvgIpc) is 2.93. The zero-order chi connectivity index (χ0) is 20.0. The zero-order valence-corrected chi connectivity index (χ0v) is 15.5. The normalized spacial score (nSPS) is 15.9. The van der Waals surface area contributed by atoms with E-state index in [0.717, 1.165) is 11.3 Å². The summed E-state index contributed by atoms with van der Waals surface area (Å²) < 4.78 is 0. The highest BCUT2D eigenvalue weighted by Gasteiger charge is 2.28. The molecule has 1 unspecified atom stereocenters. The molecule has 0 saturated carbocycles. The molecule has 5 N–H and O–H groups in total. The number of amides is 5. The summed E-state index contributed by atoms with van der Waals surface area (Å²) in [5, 5.41) is 7.83. The number of nitrogens with zero attached hydrogens (tertiary/aromatic N) is 1. The fourth-order valence-corrected chi connectivity index (χ4v) is 2.66. The molecule has 27 heavy (non-hydrogen) atoms. The molecule has 1 aliphatic heterocycles. The van der Waals surface area contributed by atoms with Gasteiger partial charge in [0.15, 0.2) is 0 Å². The molecular weight excluding hydrogens is 350 g/mol. The molecule has 1 aromatic rings. The molecule has 0 spiro atoms. The first-order valence-corrected chi connectivity index (χ1v) is 8.81. The van der Waals surface area contributed by atoms with Gasteiger partial charge in [0.2, 0.25) is 17.7 Å². The van der Waals surface area contributed by atoms with Crippen molar-refractivity contribution in [2.24, 2.45) is 5.73 Å². The Bertz CT molecular complexity index is 714. The Morgan fingerprint density at radius 2 is 1.78 bits per heavy atom. The lowest BCUT2D eigenvalue weighted by Crippen LogP contribution is -2.48. The lowest BCUT2D eigenvalue weighted by atomic mass is 9.96. The van der Waals surface area contributed by atoms with Gasteiger partial charge in [-0.15, -0.1) is 0 Å². The van der Waals surface area contributed by atoms with Crippen LogP contribution in [0.15, 0.2) is 24.3 Å². The highest BCUT2D eigenvalue weighted by Crippen LogP contribution is 2.17. The third-order valence-electron chi connectivity index (χ3n) is 4.21. The highest BCUT2D eigenvalue weighted by molar-refractivity contribution is 6.02. The van der Waals surface area contributed by atoms with Gasteiger partial charge in [-0.05, 0) is 37.6 Å². The predicted molar refractivity (Wildman–Crippen MR) is 101 cm³/mol. The van der Waals surface area contributed by atoms with Crippen molar-refractivity contribution in [3.05, 3.63) is 24.3 Å². The standard InChI is InChI=1S/C18H25N5O4/c1-3-9-18(2,19)16(26)22-13-6-4-12(5-7-13)21-14(24)8-10-23-15(25)11-20-17(23)27/h4-7H,3,8-11,19H2,1-2H3,(H,20,27)(H,21,24)(H,22,26). The van der Waals surface area contributed by atoms with E-state index in [-0.39, 0.29) is 37.2 Å². The number of carbonyl (C=O) groups is 4. The van der Waals surface area contributed by atoms with Crippen LogP contribution in [0.5, 0.6) is 0 Å². The lowest BCUT2D eigenvalue weighted by Gasteiger charge is -2.22. The summed E-state index contributed by atoms with van der Waals surface area (Å²) in [4.78, 5) is 48.0. The average molecular weight is 375 g/mol. The molecule has 0 radical (unpaired) electrons. The molecule has 2 rings (SSSR count). The second kappa shape index (κ2) is 8.63. The molecule has 9 heteroatoms. The van der Waals surface area contributed by atoms with Crippen LogP contribution in [-0.4, -0.2) is 47.3 Å². The minimum absolute atomic E-state index is 0.000192. The Morgan fingerprint density at radius 1 is 1.19 bits per heavy atom. The minimum atomic E-state index is -0.944. The number of nitrogens with two attached hydrogens (primary N) is 1. The van der Waals surface area contributed by atoms with Crippen molar-refractivity contribution in [1.82, 2.24) is 10.2 Å². The van der Waals surface area contributed by atoms with E-state index < -0.39 is 11.6 Å². The smallest absolute Gasteiger partial charge is 0.324 e. The summed E-state index contributed by atoms with van der Waals surface area (Å²) >= 11 is 0. The Hall–Kier alpha value is -2.94. The molecule has 0 aromatic heterocycles. The van der Waals surface area contributed by atoms with Crippen molar-refractivity contribution in [2.75, 3.05) is 23.7 Å². The molecule has 1 heterocycles. The molecule has 0 aliphatic carbocycles. The van der Waals surface area contributed by atoms with E-state index in [2.05, 4.69) is 16.0 Å². The van der Waals surface area contributed by atoms with Crippen LogP contribution in [0.4, 0.5) is 16.2 Å². The van der Waals surface area contributed by atoms with Crippen molar-refractivity contribution in [1.29, 1.82) is 0 Å². The third-order valence-corrected chi connectivity index (χ3v) is 4.21.